The maximum Gasteiger partial charge on any atom is 0.0970 e. The van der Waals surface area contributed by atoms with Crippen LogP contribution < -0.4 is 0 Å². The van der Waals surface area contributed by atoms with Crippen molar-refractivity contribution in [3.63, 3.8) is 0 Å². The summed E-state index contributed by atoms with van der Waals surface area (Å²) in [6.45, 7) is 0. The van der Waals surface area contributed by atoms with Crippen LogP contribution in [0.5, 0.6) is 0 Å². The van der Waals surface area contributed by atoms with Gasteiger partial charge in [-0.15, -0.1) is 0 Å². The fraction of sp³-hybridized carbons (Fsp3) is 0. The molecule has 0 saturated carbocycles. The fourth-order valence-corrected chi connectivity index (χ4v) is 12.2. The van der Waals surface area contributed by atoms with E-state index in [1.165, 1.54) is 11.1 Å². The molecule has 0 aliphatic rings. The topological polar surface area (TPSA) is 43.6 Å². The standard InChI is InChI=1S/C81H54N4/c1-3-19-55(20-4-1)56-33-35-59(36-34-56)75-54-62(78-47-48-80-81(84-78)74-29-13-14-32-79(74)85(80)66-21-5-2-6-22-66)45-46-73(75)72-28-12-11-27-71(72)65-52-63(69-25-9-7-23-67(69)57-37-41-60(42-38-57)76-30-15-17-49-82-76)51-64(53-65)70-26-10-8-24-68(70)58-39-43-61(44-40-58)77-31-16-18-50-83-77/h1-54H. The molecule has 11 aromatic carbocycles. The van der Waals surface area contributed by atoms with Crippen LogP contribution in [0.4, 0.5) is 0 Å². The number of hydrogen-bond acceptors (Lipinski definition) is 3. The van der Waals surface area contributed by atoms with Crippen molar-refractivity contribution in [3.8, 4) is 128 Å². The molecule has 0 radical (unpaired) electrons. The zero-order valence-corrected chi connectivity index (χ0v) is 46.5. The summed E-state index contributed by atoms with van der Waals surface area (Å²) in [6.07, 6.45) is 3.70. The van der Waals surface area contributed by atoms with Gasteiger partial charge in [0.15, 0.2) is 0 Å². The molecule has 15 rings (SSSR count). The predicted molar refractivity (Wildman–Crippen MR) is 354 cm³/mol. The molecule has 0 spiro atoms. The summed E-state index contributed by atoms with van der Waals surface area (Å²) in [5.41, 5.74) is 28.5. The molecule has 0 atom stereocenters. The summed E-state index contributed by atoms with van der Waals surface area (Å²) in [5, 5.41) is 1.12. The molecule has 4 nitrogen and oxygen atoms in total. The average molecular weight is 1080 g/mol. The normalized spacial score (nSPS) is 11.3. The van der Waals surface area contributed by atoms with Crippen molar-refractivity contribution in [1.29, 1.82) is 0 Å². The molecular weight excluding hydrogens is 1030 g/mol. The van der Waals surface area contributed by atoms with Crippen molar-refractivity contribution in [2.24, 2.45) is 0 Å². The first-order chi connectivity index (χ1) is 42.1. The van der Waals surface area contributed by atoms with E-state index in [9.17, 15) is 0 Å². The van der Waals surface area contributed by atoms with Crippen molar-refractivity contribution in [2.75, 3.05) is 0 Å². The number of aromatic nitrogens is 4. The third kappa shape index (κ3) is 9.78. The van der Waals surface area contributed by atoms with Gasteiger partial charge in [-0.25, -0.2) is 4.98 Å². The fourth-order valence-electron chi connectivity index (χ4n) is 12.2. The number of hydrogen-bond donors (Lipinski definition) is 0. The Balaban J connectivity index is 0.905. The Hall–Kier alpha value is -11.3. The van der Waals surface area contributed by atoms with E-state index in [1.807, 2.05) is 36.7 Å². The molecule has 0 amide bonds. The SMILES string of the molecule is c1ccc(-c2ccc(-c3cc(-c4ccc5c(n4)c4ccccc4n5-c4ccccc4)ccc3-c3ccccc3-c3cc(-c4ccccc4-c4ccc(-c5ccccn5)cc4)cc(-c4ccccc4-c4ccc(-c5ccccn5)cc4)c3)cc2)cc1. The van der Waals surface area contributed by atoms with Crippen LogP contribution in [0.3, 0.4) is 0 Å². The highest BCUT2D eigenvalue weighted by atomic mass is 15.0. The van der Waals surface area contributed by atoms with Crippen LogP contribution in [-0.2, 0) is 0 Å². The van der Waals surface area contributed by atoms with E-state index in [1.54, 1.807) is 0 Å². The molecule has 0 aliphatic heterocycles. The van der Waals surface area contributed by atoms with Crippen molar-refractivity contribution in [1.82, 2.24) is 19.5 Å². The molecule has 0 saturated heterocycles. The summed E-state index contributed by atoms with van der Waals surface area (Å²) >= 11 is 0. The van der Waals surface area contributed by atoms with Gasteiger partial charge in [-0.1, -0.05) is 237 Å². The van der Waals surface area contributed by atoms with E-state index in [-0.39, 0.29) is 0 Å². The minimum absolute atomic E-state index is 0.915. The summed E-state index contributed by atoms with van der Waals surface area (Å²) in [7, 11) is 0. The zero-order chi connectivity index (χ0) is 56.5. The minimum atomic E-state index is 0.915. The second kappa shape index (κ2) is 22.2. The average Bonchev–Trinajstić information content (AvgIpc) is 3.34. The van der Waals surface area contributed by atoms with E-state index < -0.39 is 0 Å². The molecule has 398 valence electrons. The highest BCUT2D eigenvalue weighted by Gasteiger charge is 2.21. The van der Waals surface area contributed by atoms with Gasteiger partial charge in [0.25, 0.3) is 0 Å². The molecule has 15 aromatic rings. The van der Waals surface area contributed by atoms with Gasteiger partial charge in [0.05, 0.1) is 33.6 Å². The van der Waals surface area contributed by atoms with Gasteiger partial charge in [0, 0.05) is 40.2 Å². The molecule has 0 bridgehead atoms. The Morgan fingerprint density at radius 1 is 0.212 bits per heavy atom. The second-order valence-electron chi connectivity index (χ2n) is 21.5. The Labute approximate surface area is 495 Å². The molecule has 4 aromatic heterocycles. The summed E-state index contributed by atoms with van der Waals surface area (Å²) in [4.78, 5) is 14.8. The maximum atomic E-state index is 5.52. The Morgan fingerprint density at radius 2 is 0.612 bits per heavy atom. The summed E-state index contributed by atoms with van der Waals surface area (Å²) in [6, 6.07) is 114. The molecule has 0 unspecified atom stereocenters. The highest BCUT2D eigenvalue weighted by molar-refractivity contribution is 6.08. The first-order valence-electron chi connectivity index (χ1n) is 28.9. The third-order valence-electron chi connectivity index (χ3n) is 16.4. The molecule has 4 heteroatoms. The lowest BCUT2D eigenvalue weighted by Crippen LogP contribution is -1.94. The smallest absolute Gasteiger partial charge is 0.0970 e. The van der Waals surface area contributed by atoms with E-state index in [0.29, 0.717) is 0 Å². The number of fused-ring (bicyclic) bond motifs is 3. The highest BCUT2D eigenvalue weighted by Crippen LogP contribution is 2.46. The van der Waals surface area contributed by atoms with Gasteiger partial charge >= 0.3 is 0 Å². The quantitative estimate of drug-likeness (QED) is 0.122. The van der Waals surface area contributed by atoms with Gasteiger partial charge in [0.2, 0.25) is 0 Å². The first-order valence-corrected chi connectivity index (χ1v) is 28.9. The van der Waals surface area contributed by atoms with Gasteiger partial charge in [0.1, 0.15) is 0 Å². The van der Waals surface area contributed by atoms with E-state index in [4.69, 9.17) is 4.98 Å². The lowest BCUT2D eigenvalue weighted by Gasteiger charge is -2.19. The van der Waals surface area contributed by atoms with Crippen molar-refractivity contribution >= 4 is 21.9 Å². The van der Waals surface area contributed by atoms with Gasteiger partial charge < -0.3 is 4.57 Å². The molecular formula is C81H54N4. The van der Waals surface area contributed by atoms with Crippen LogP contribution in [0.2, 0.25) is 0 Å². The second-order valence-corrected chi connectivity index (χ2v) is 21.5. The zero-order valence-electron chi connectivity index (χ0n) is 46.5. The number of pyridine rings is 3. The monoisotopic (exact) mass is 1080 g/mol. The first kappa shape index (κ1) is 50.6. The maximum absolute atomic E-state index is 5.52. The third-order valence-corrected chi connectivity index (χ3v) is 16.4. The molecule has 0 N–H and O–H groups in total. The lowest BCUT2D eigenvalue weighted by molar-refractivity contribution is 1.18. The van der Waals surface area contributed by atoms with Crippen LogP contribution in [0.1, 0.15) is 0 Å². The molecule has 0 fully saturated rings. The largest absolute Gasteiger partial charge is 0.308 e. The minimum Gasteiger partial charge on any atom is -0.308 e. The van der Waals surface area contributed by atoms with Crippen LogP contribution >= 0.6 is 0 Å². The summed E-state index contributed by atoms with van der Waals surface area (Å²) in [5.74, 6) is 0. The van der Waals surface area contributed by atoms with Crippen LogP contribution in [0, 0.1) is 0 Å². The van der Waals surface area contributed by atoms with Crippen molar-refractivity contribution in [3.05, 3.63) is 328 Å². The molecule has 0 aliphatic carbocycles. The van der Waals surface area contributed by atoms with Crippen molar-refractivity contribution in [2.45, 2.75) is 0 Å². The van der Waals surface area contributed by atoms with E-state index in [2.05, 4.69) is 306 Å². The Morgan fingerprint density at radius 3 is 1.15 bits per heavy atom. The van der Waals surface area contributed by atoms with Gasteiger partial charge in [-0.2, -0.15) is 0 Å². The number of nitrogens with zero attached hydrogens (tertiary/aromatic N) is 4. The lowest BCUT2D eigenvalue weighted by atomic mass is 9.84. The van der Waals surface area contributed by atoms with Gasteiger partial charge in [-0.05, 0) is 168 Å². The van der Waals surface area contributed by atoms with Crippen molar-refractivity contribution < 1.29 is 0 Å². The van der Waals surface area contributed by atoms with E-state index in [0.717, 1.165) is 139 Å². The van der Waals surface area contributed by atoms with E-state index >= 15 is 0 Å². The number of rotatable bonds is 12. The molecule has 85 heavy (non-hydrogen) atoms. The Kier molecular flexibility index (Phi) is 13.2. The Bertz CT molecular complexity index is 4740. The van der Waals surface area contributed by atoms with Crippen LogP contribution in [0.15, 0.2) is 328 Å². The summed E-state index contributed by atoms with van der Waals surface area (Å²) < 4.78 is 2.32. The molecule has 4 heterocycles. The number of benzene rings is 11. The van der Waals surface area contributed by atoms with Crippen LogP contribution in [0.25, 0.3) is 150 Å². The predicted octanol–water partition coefficient (Wildman–Crippen LogP) is 21.3. The number of para-hydroxylation sites is 2. The van der Waals surface area contributed by atoms with Crippen LogP contribution in [-0.4, -0.2) is 19.5 Å². The van der Waals surface area contributed by atoms with Gasteiger partial charge in [-0.3, -0.25) is 9.97 Å².